The molecule has 1 aliphatic heterocycles. The van der Waals surface area contributed by atoms with Crippen molar-refractivity contribution >= 4 is 0 Å². The normalized spacial score (nSPS) is 18.6. The van der Waals surface area contributed by atoms with Crippen LogP contribution in [0.4, 0.5) is 0 Å². The molecule has 0 aromatic rings. The van der Waals surface area contributed by atoms with Gasteiger partial charge in [-0.25, -0.2) is 0 Å². The highest BCUT2D eigenvalue weighted by molar-refractivity contribution is 4.72. The molecular formula is C12H26N2O. The van der Waals surface area contributed by atoms with E-state index in [1.807, 2.05) is 0 Å². The van der Waals surface area contributed by atoms with Gasteiger partial charge in [0.05, 0.1) is 0 Å². The van der Waals surface area contributed by atoms with E-state index in [1.165, 1.54) is 45.4 Å². The maximum atomic E-state index is 8.85. The van der Waals surface area contributed by atoms with E-state index in [-0.39, 0.29) is 0 Å². The lowest BCUT2D eigenvalue weighted by atomic mass is 9.97. The standard InChI is InChI=1S/C12H26N2O/c1-2-8-14(9-3-10-15)11-12-4-6-13-7-5-12/h12-13,15H,2-11H2,1H3. The average Bonchev–Trinajstić information content (AvgIpc) is 2.28. The molecule has 1 heterocycles. The second kappa shape index (κ2) is 8.08. The van der Waals surface area contributed by atoms with Gasteiger partial charge in [-0.3, -0.25) is 0 Å². The lowest BCUT2D eigenvalue weighted by Gasteiger charge is -2.29. The minimum Gasteiger partial charge on any atom is -0.396 e. The maximum absolute atomic E-state index is 8.85. The van der Waals surface area contributed by atoms with Crippen LogP contribution in [-0.4, -0.2) is 49.3 Å². The lowest BCUT2D eigenvalue weighted by Crippen LogP contribution is -2.37. The zero-order chi connectivity index (χ0) is 10.9. The van der Waals surface area contributed by atoms with E-state index in [1.54, 1.807) is 0 Å². The fraction of sp³-hybridized carbons (Fsp3) is 1.00. The summed E-state index contributed by atoms with van der Waals surface area (Å²) in [4.78, 5) is 2.52. The molecule has 2 N–H and O–H groups in total. The van der Waals surface area contributed by atoms with Gasteiger partial charge >= 0.3 is 0 Å². The van der Waals surface area contributed by atoms with Crippen LogP contribution in [0, 0.1) is 5.92 Å². The van der Waals surface area contributed by atoms with Gasteiger partial charge in [0.1, 0.15) is 0 Å². The van der Waals surface area contributed by atoms with Crippen molar-refractivity contribution in [2.24, 2.45) is 5.92 Å². The largest absolute Gasteiger partial charge is 0.396 e. The van der Waals surface area contributed by atoms with Crippen LogP contribution in [0.1, 0.15) is 32.6 Å². The number of aliphatic hydroxyl groups excluding tert-OH is 1. The predicted molar refractivity (Wildman–Crippen MR) is 64.0 cm³/mol. The van der Waals surface area contributed by atoms with Gasteiger partial charge < -0.3 is 15.3 Å². The summed E-state index contributed by atoms with van der Waals surface area (Å²) in [6.07, 6.45) is 4.78. The van der Waals surface area contributed by atoms with Crippen molar-refractivity contribution < 1.29 is 5.11 Å². The van der Waals surface area contributed by atoms with E-state index in [4.69, 9.17) is 5.11 Å². The molecule has 1 rings (SSSR count). The van der Waals surface area contributed by atoms with Gasteiger partial charge in [0.15, 0.2) is 0 Å². The fourth-order valence-corrected chi connectivity index (χ4v) is 2.33. The highest BCUT2D eigenvalue weighted by atomic mass is 16.3. The number of aliphatic hydroxyl groups is 1. The first-order chi connectivity index (χ1) is 7.36. The van der Waals surface area contributed by atoms with Gasteiger partial charge in [0, 0.05) is 19.7 Å². The quantitative estimate of drug-likeness (QED) is 0.666. The molecule has 1 fully saturated rings. The molecule has 0 bridgehead atoms. The molecule has 90 valence electrons. The van der Waals surface area contributed by atoms with Gasteiger partial charge in [-0.1, -0.05) is 6.92 Å². The van der Waals surface area contributed by atoms with Gasteiger partial charge in [-0.15, -0.1) is 0 Å². The van der Waals surface area contributed by atoms with Crippen LogP contribution in [0.5, 0.6) is 0 Å². The summed E-state index contributed by atoms with van der Waals surface area (Å²) in [6, 6.07) is 0. The fourth-order valence-electron chi connectivity index (χ4n) is 2.33. The third-order valence-electron chi connectivity index (χ3n) is 3.15. The van der Waals surface area contributed by atoms with E-state index < -0.39 is 0 Å². The van der Waals surface area contributed by atoms with E-state index in [2.05, 4.69) is 17.1 Å². The highest BCUT2D eigenvalue weighted by Gasteiger charge is 2.16. The van der Waals surface area contributed by atoms with Gasteiger partial charge in [0.2, 0.25) is 0 Å². The summed E-state index contributed by atoms with van der Waals surface area (Å²) in [7, 11) is 0. The van der Waals surface area contributed by atoms with Gasteiger partial charge in [-0.2, -0.15) is 0 Å². The second-order valence-electron chi connectivity index (χ2n) is 4.57. The zero-order valence-electron chi connectivity index (χ0n) is 10.0. The van der Waals surface area contributed by atoms with Crippen molar-refractivity contribution in [3.05, 3.63) is 0 Å². The third kappa shape index (κ3) is 5.50. The Morgan fingerprint density at radius 2 is 2.00 bits per heavy atom. The Labute approximate surface area is 93.9 Å². The molecule has 0 unspecified atom stereocenters. The van der Waals surface area contributed by atoms with E-state index in [0.717, 1.165) is 18.9 Å². The molecule has 0 spiro atoms. The van der Waals surface area contributed by atoms with E-state index in [0.29, 0.717) is 6.61 Å². The van der Waals surface area contributed by atoms with Crippen molar-refractivity contribution in [1.29, 1.82) is 0 Å². The SMILES string of the molecule is CCCN(CCCO)CC1CCNCC1. The van der Waals surface area contributed by atoms with Crippen molar-refractivity contribution in [3.63, 3.8) is 0 Å². The average molecular weight is 214 g/mol. The first-order valence-electron chi connectivity index (χ1n) is 6.40. The summed E-state index contributed by atoms with van der Waals surface area (Å²) in [5, 5.41) is 12.3. The van der Waals surface area contributed by atoms with Crippen LogP contribution in [0.3, 0.4) is 0 Å². The molecule has 0 aliphatic carbocycles. The minimum atomic E-state index is 0.326. The number of piperidine rings is 1. The van der Waals surface area contributed by atoms with Gasteiger partial charge in [-0.05, 0) is 51.2 Å². The van der Waals surface area contributed by atoms with Crippen molar-refractivity contribution in [2.75, 3.05) is 39.3 Å². The Balaban J connectivity index is 2.21. The topological polar surface area (TPSA) is 35.5 Å². The molecule has 0 atom stereocenters. The Bertz CT molecular complexity index is 147. The first kappa shape index (κ1) is 12.9. The monoisotopic (exact) mass is 214 g/mol. The van der Waals surface area contributed by atoms with Crippen LogP contribution in [0.15, 0.2) is 0 Å². The van der Waals surface area contributed by atoms with Crippen LogP contribution in [-0.2, 0) is 0 Å². The molecule has 0 saturated carbocycles. The van der Waals surface area contributed by atoms with Crippen LogP contribution in [0.2, 0.25) is 0 Å². The summed E-state index contributed by atoms with van der Waals surface area (Å²) in [6.45, 7) is 8.41. The number of nitrogens with zero attached hydrogens (tertiary/aromatic N) is 1. The summed E-state index contributed by atoms with van der Waals surface area (Å²) >= 11 is 0. The summed E-state index contributed by atoms with van der Waals surface area (Å²) in [5.41, 5.74) is 0. The lowest BCUT2D eigenvalue weighted by molar-refractivity contribution is 0.184. The number of hydrogen-bond acceptors (Lipinski definition) is 3. The Kier molecular flexibility index (Phi) is 6.98. The van der Waals surface area contributed by atoms with E-state index >= 15 is 0 Å². The maximum Gasteiger partial charge on any atom is 0.0443 e. The Morgan fingerprint density at radius 3 is 2.60 bits per heavy atom. The molecule has 0 aromatic carbocycles. The molecule has 3 heteroatoms. The number of nitrogens with one attached hydrogen (secondary N) is 1. The third-order valence-corrected chi connectivity index (χ3v) is 3.15. The number of rotatable bonds is 7. The zero-order valence-corrected chi connectivity index (χ0v) is 10.0. The minimum absolute atomic E-state index is 0.326. The molecular weight excluding hydrogens is 188 g/mol. The molecule has 0 radical (unpaired) electrons. The number of hydrogen-bond donors (Lipinski definition) is 2. The molecule has 1 saturated heterocycles. The van der Waals surface area contributed by atoms with Crippen molar-refractivity contribution in [1.82, 2.24) is 10.2 Å². The predicted octanol–water partition coefficient (Wildman–Crippen LogP) is 1.08. The summed E-state index contributed by atoms with van der Waals surface area (Å²) < 4.78 is 0. The molecule has 15 heavy (non-hydrogen) atoms. The smallest absolute Gasteiger partial charge is 0.0443 e. The van der Waals surface area contributed by atoms with Crippen LogP contribution in [0.25, 0.3) is 0 Å². The molecule has 0 aromatic heterocycles. The Hall–Kier alpha value is -0.120. The highest BCUT2D eigenvalue weighted by Crippen LogP contribution is 2.13. The molecule has 1 aliphatic rings. The second-order valence-corrected chi connectivity index (χ2v) is 4.57. The molecule has 0 amide bonds. The van der Waals surface area contributed by atoms with Crippen molar-refractivity contribution in [3.8, 4) is 0 Å². The summed E-state index contributed by atoms with van der Waals surface area (Å²) in [5.74, 6) is 0.872. The Morgan fingerprint density at radius 1 is 1.27 bits per heavy atom. The van der Waals surface area contributed by atoms with Crippen molar-refractivity contribution in [2.45, 2.75) is 32.6 Å². The van der Waals surface area contributed by atoms with Gasteiger partial charge in [0.25, 0.3) is 0 Å². The van der Waals surface area contributed by atoms with E-state index in [9.17, 15) is 0 Å². The van der Waals surface area contributed by atoms with Crippen LogP contribution >= 0.6 is 0 Å². The van der Waals surface area contributed by atoms with Crippen LogP contribution < -0.4 is 5.32 Å². The first-order valence-corrected chi connectivity index (χ1v) is 6.40. The molecule has 3 nitrogen and oxygen atoms in total.